The van der Waals surface area contributed by atoms with Crippen molar-refractivity contribution in [3.63, 3.8) is 0 Å². The van der Waals surface area contributed by atoms with Gasteiger partial charge in [0.1, 0.15) is 5.82 Å². The van der Waals surface area contributed by atoms with Gasteiger partial charge in [0.2, 0.25) is 5.91 Å². The van der Waals surface area contributed by atoms with E-state index in [9.17, 15) is 4.79 Å². The number of carbonyl (C=O) groups is 1. The molecule has 4 heteroatoms. The quantitative estimate of drug-likeness (QED) is 0.665. The van der Waals surface area contributed by atoms with Crippen molar-refractivity contribution in [2.24, 2.45) is 0 Å². The molecular formula is C8H7ClN2O. The van der Waals surface area contributed by atoms with Crippen LogP contribution in [-0.4, -0.2) is 10.9 Å². The molecular weight excluding hydrogens is 176 g/mol. The van der Waals surface area contributed by atoms with Gasteiger partial charge in [-0.15, -0.1) is 0 Å². The van der Waals surface area contributed by atoms with E-state index in [0.29, 0.717) is 10.8 Å². The molecule has 1 aromatic rings. The van der Waals surface area contributed by atoms with Crippen LogP contribution in [0.3, 0.4) is 0 Å². The minimum absolute atomic E-state index is 0.0365. The van der Waals surface area contributed by atoms with Crippen molar-refractivity contribution in [2.75, 3.05) is 5.32 Å². The second-order valence-electron chi connectivity index (χ2n) is 2.77. The summed E-state index contributed by atoms with van der Waals surface area (Å²) in [5, 5.41) is 3.26. The van der Waals surface area contributed by atoms with Crippen molar-refractivity contribution in [1.82, 2.24) is 4.98 Å². The first-order valence-electron chi connectivity index (χ1n) is 3.65. The van der Waals surface area contributed by atoms with Crippen molar-refractivity contribution in [1.29, 1.82) is 0 Å². The van der Waals surface area contributed by atoms with E-state index in [0.717, 1.165) is 5.56 Å². The van der Waals surface area contributed by atoms with E-state index in [1.54, 1.807) is 12.3 Å². The number of halogens is 1. The molecule has 0 radical (unpaired) electrons. The van der Waals surface area contributed by atoms with Crippen molar-refractivity contribution in [2.45, 2.75) is 12.8 Å². The van der Waals surface area contributed by atoms with Gasteiger partial charge in [0.05, 0.1) is 5.92 Å². The summed E-state index contributed by atoms with van der Waals surface area (Å²) in [4.78, 5) is 15.2. The second-order valence-corrected chi connectivity index (χ2v) is 3.17. The fourth-order valence-corrected chi connectivity index (χ4v) is 1.63. The highest BCUT2D eigenvalue weighted by atomic mass is 35.5. The number of hydrogen-bond donors (Lipinski definition) is 1. The number of aromatic nitrogens is 1. The van der Waals surface area contributed by atoms with E-state index in [-0.39, 0.29) is 11.8 Å². The summed E-state index contributed by atoms with van der Waals surface area (Å²) in [5.41, 5.74) is 0.809. The van der Waals surface area contributed by atoms with Crippen molar-refractivity contribution < 1.29 is 4.79 Å². The maximum absolute atomic E-state index is 11.2. The van der Waals surface area contributed by atoms with E-state index in [1.807, 2.05) is 6.92 Å². The third-order valence-corrected chi connectivity index (χ3v) is 2.33. The zero-order valence-corrected chi connectivity index (χ0v) is 7.22. The molecule has 1 aromatic heterocycles. The number of hydrogen-bond acceptors (Lipinski definition) is 2. The summed E-state index contributed by atoms with van der Waals surface area (Å²) in [7, 11) is 0. The Morgan fingerprint density at radius 1 is 1.67 bits per heavy atom. The number of nitrogens with zero attached hydrogens (tertiary/aromatic N) is 1. The molecule has 1 aliphatic rings. The first kappa shape index (κ1) is 7.55. The summed E-state index contributed by atoms with van der Waals surface area (Å²) in [6, 6.07) is 1.69. The number of pyridine rings is 1. The highest BCUT2D eigenvalue weighted by molar-refractivity contribution is 6.32. The molecule has 0 bridgehead atoms. The van der Waals surface area contributed by atoms with Crippen LogP contribution in [0.15, 0.2) is 12.3 Å². The van der Waals surface area contributed by atoms with Crippen LogP contribution in [0.25, 0.3) is 0 Å². The number of rotatable bonds is 0. The monoisotopic (exact) mass is 182 g/mol. The van der Waals surface area contributed by atoms with E-state index >= 15 is 0 Å². The zero-order valence-electron chi connectivity index (χ0n) is 6.47. The molecule has 12 heavy (non-hydrogen) atoms. The van der Waals surface area contributed by atoms with Crippen LogP contribution in [0.5, 0.6) is 0 Å². The molecule has 2 heterocycles. The standard InChI is InChI=1S/C8H7ClN2O/c1-4-6-5(9)2-3-10-7(6)11-8(4)12/h2-4H,1H3,(H,10,11,12)/t4-/m0/s1. The van der Waals surface area contributed by atoms with Crippen LogP contribution in [0.4, 0.5) is 5.82 Å². The summed E-state index contributed by atoms with van der Waals surface area (Å²) in [6.45, 7) is 1.81. The van der Waals surface area contributed by atoms with Crippen molar-refractivity contribution in [3.8, 4) is 0 Å². The van der Waals surface area contributed by atoms with Gasteiger partial charge in [-0.25, -0.2) is 4.98 Å². The molecule has 0 aromatic carbocycles. The fraction of sp³-hybridized carbons (Fsp3) is 0.250. The van der Waals surface area contributed by atoms with Crippen LogP contribution in [0.2, 0.25) is 5.02 Å². The molecule has 1 aliphatic heterocycles. The van der Waals surface area contributed by atoms with Crippen molar-refractivity contribution >= 4 is 23.3 Å². The van der Waals surface area contributed by atoms with Gasteiger partial charge in [-0.1, -0.05) is 11.6 Å². The molecule has 0 unspecified atom stereocenters. The maximum atomic E-state index is 11.2. The lowest BCUT2D eigenvalue weighted by Crippen LogP contribution is -2.08. The van der Waals surface area contributed by atoms with Gasteiger partial charge in [0.25, 0.3) is 0 Å². The Bertz CT molecular complexity index is 351. The van der Waals surface area contributed by atoms with Crippen LogP contribution in [0.1, 0.15) is 18.4 Å². The van der Waals surface area contributed by atoms with E-state index < -0.39 is 0 Å². The molecule has 3 nitrogen and oxygen atoms in total. The first-order valence-corrected chi connectivity index (χ1v) is 4.03. The number of carbonyl (C=O) groups excluding carboxylic acids is 1. The highest BCUT2D eigenvalue weighted by Crippen LogP contribution is 2.35. The third-order valence-electron chi connectivity index (χ3n) is 2.00. The molecule has 1 atom stereocenters. The molecule has 1 N–H and O–H groups in total. The Kier molecular flexibility index (Phi) is 1.54. The Morgan fingerprint density at radius 3 is 3.08 bits per heavy atom. The Morgan fingerprint density at radius 2 is 2.42 bits per heavy atom. The normalized spacial score (nSPS) is 20.5. The molecule has 2 rings (SSSR count). The Hall–Kier alpha value is -1.09. The van der Waals surface area contributed by atoms with Gasteiger partial charge in [0.15, 0.2) is 0 Å². The minimum atomic E-state index is -0.179. The maximum Gasteiger partial charge on any atom is 0.232 e. The van der Waals surface area contributed by atoms with Crippen LogP contribution in [-0.2, 0) is 4.79 Å². The summed E-state index contributed by atoms with van der Waals surface area (Å²) in [6.07, 6.45) is 1.58. The lowest BCUT2D eigenvalue weighted by molar-refractivity contribution is -0.116. The Balaban J connectivity index is 2.62. The molecule has 1 amide bonds. The molecule has 0 saturated carbocycles. The predicted molar refractivity (Wildman–Crippen MR) is 46.3 cm³/mol. The van der Waals surface area contributed by atoms with Gasteiger partial charge in [-0.05, 0) is 13.0 Å². The fourth-order valence-electron chi connectivity index (χ4n) is 1.32. The van der Waals surface area contributed by atoms with E-state index in [4.69, 9.17) is 11.6 Å². The van der Waals surface area contributed by atoms with Crippen LogP contribution >= 0.6 is 11.6 Å². The second kappa shape index (κ2) is 2.45. The summed E-state index contributed by atoms with van der Waals surface area (Å²) in [5.74, 6) is 0.381. The van der Waals surface area contributed by atoms with Crippen LogP contribution < -0.4 is 5.32 Å². The van der Waals surface area contributed by atoms with Gasteiger partial charge >= 0.3 is 0 Å². The highest BCUT2D eigenvalue weighted by Gasteiger charge is 2.29. The number of fused-ring (bicyclic) bond motifs is 1. The number of amides is 1. The first-order chi connectivity index (χ1) is 5.70. The molecule has 0 saturated heterocycles. The third kappa shape index (κ3) is 0.898. The number of anilines is 1. The lowest BCUT2D eigenvalue weighted by atomic mass is 10.1. The van der Waals surface area contributed by atoms with E-state index in [2.05, 4.69) is 10.3 Å². The average molecular weight is 183 g/mol. The van der Waals surface area contributed by atoms with Crippen LogP contribution in [0, 0.1) is 0 Å². The molecule has 0 aliphatic carbocycles. The average Bonchev–Trinajstić information content (AvgIpc) is 2.29. The summed E-state index contributed by atoms with van der Waals surface area (Å²) >= 11 is 5.90. The summed E-state index contributed by atoms with van der Waals surface area (Å²) < 4.78 is 0. The largest absolute Gasteiger partial charge is 0.310 e. The zero-order chi connectivity index (χ0) is 8.72. The van der Waals surface area contributed by atoms with Gasteiger partial charge in [0, 0.05) is 16.8 Å². The van der Waals surface area contributed by atoms with Gasteiger partial charge < -0.3 is 5.32 Å². The number of nitrogens with one attached hydrogen (secondary N) is 1. The van der Waals surface area contributed by atoms with E-state index in [1.165, 1.54) is 0 Å². The topological polar surface area (TPSA) is 42.0 Å². The molecule has 0 spiro atoms. The molecule has 0 fully saturated rings. The minimum Gasteiger partial charge on any atom is -0.310 e. The smallest absolute Gasteiger partial charge is 0.232 e. The molecule has 62 valence electrons. The lowest BCUT2D eigenvalue weighted by Gasteiger charge is -2.01. The van der Waals surface area contributed by atoms with Gasteiger partial charge in [-0.2, -0.15) is 0 Å². The van der Waals surface area contributed by atoms with Gasteiger partial charge in [-0.3, -0.25) is 4.79 Å². The SMILES string of the molecule is C[C@@H]1C(=O)Nc2nccc(Cl)c21. The predicted octanol–water partition coefficient (Wildman–Crippen LogP) is 1.79. The Labute approximate surface area is 74.8 Å². The van der Waals surface area contributed by atoms with Crippen molar-refractivity contribution in [3.05, 3.63) is 22.8 Å².